The van der Waals surface area contributed by atoms with Crippen LogP contribution in [0.5, 0.6) is 0 Å². The standard InChI is InChI=1S/C15H11Br2Cl2NO/c1-8(11-5-3-10(18)7-14(11)19)20-15(21)12-4-2-9(16)6-13(12)17/h2-8H,1H3,(H,20,21). The third-order valence-corrected chi connectivity index (χ3v) is 4.66. The molecule has 110 valence electrons. The van der Waals surface area contributed by atoms with Crippen molar-refractivity contribution in [2.24, 2.45) is 0 Å². The number of benzene rings is 2. The molecule has 2 aromatic carbocycles. The Morgan fingerprint density at radius 2 is 1.86 bits per heavy atom. The van der Waals surface area contributed by atoms with Gasteiger partial charge in [-0.25, -0.2) is 0 Å². The van der Waals surface area contributed by atoms with E-state index in [1.807, 2.05) is 25.1 Å². The Morgan fingerprint density at radius 1 is 1.14 bits per heavy atom. The highest BCUT2D eigenvalue weighted by molar-refractivity contribution is 9.11. The Labute approximate surface area is 150 Å². The van der Waals surface area contributed by atoms with Crippen molar-refractivity contribution in [3.63, 3.8) is 0 Å². The van der Waals surface area contributed by atoms with E-state index < -0.39 is 0 Å². The number of carbonyl (C=O) groups excluding carboxylic acids is 1. The average Bonchev–Trinajstić information content (AvgIpc) is 2.37. The van der Waals surface area contributed by atoms with Crippen LogP contribution < -0.4 is 5.32 Å². The summed E-state index contributed by atoms with van der Waals surface area (Å²) in [5, 5.41) is 4.02. The molecule has 0 fully saturated rings. The third-order valence-electron chi connectivity index (χ3n) is 2.95. The summed E-state index contributed by atoms with van der Waals surface area (Å²) in [7, 11) is 0. The molecule has 0 aliphatic heterocycles. The second-order valence-electron chi connectivity index (χ2n) is 4.49. The molecular weight excluding hydrogens is 441 g/mol. The van der Waals surface area contributed by atoms with E-state index in [9.17, 15) is 4.79 Å². The molecule has 0 saturated heterocycles. The van der Waals surface area contributed by atoms with Crippen LogP contribution in [0.4, 0.5) is 0 Å². The molecule has 2 nitrogen and oxygen atoms in total. The molecule has 0 spiro atoms. The quantitative estimate of drug-likeness (QED) is 0.608. The minimum atomic E-state index is -0.224. The van der Waals surface area contributed by atoms with Gasteiger partial charge in [0.25, 0.3) is 5.91 Å². The van der Waals surface area contributed by atoms with Gasteiger partial charge in [-0.3, -0.25) is 4.79 Å². The van der Waals surface area contributed by atoms with Crippen molar-refractivity contribution >= 4 is 61.0 Å². The predicted octanol–water partition coefficient (Wildman–Crippen LogP) is 6.01. The zero-order chi connectivity index (χ0) is 15.6. The van der Waals surface area contributed by atoms with E-state index in [4.69, 9.17) is 23.2 Å². The first kappa shape index (κ1) is 16.8. The predicted molar refractivity (Wildman–Crippen MR) is 94.2 cm³/mol. The lowest BCUT2D eigenvalue weighted by molar-refractivity contribution is 0.0939. The molecule has 0 aromatic heterocycles. The highest BCUT2D eigenvalue weighted by Gasteiger charge is 2.16. The molecule has 1 unspecified atom stereocenters. The van der Waals surface area contributed by atoms with E-state index in [2.05, 4.69) is 37.2 Å². The van der Waals surface area contributed by atoms with E-state index in [0.29, 0.717) is 15.6 Å². The van der Waals surface area contributed by atoms with Gasteiger partial charge < -0.3 is 5.32 Å². The lowest BCUT2D eigenvalue weighted by Crippen LogP contribution is -2.27. The van der Waals surface area contributed by atoms with Crippen molar-refractivity contribution < 1.29 is 4.79 Å². The summed E-state index contributed by atoms with van der Waals surface area (Å²) in [6.07, 6.45) is 0. The molecule has 2 aromatic rings. The molecule has 6 heteroatoms. The number of amides is 1. The van der Waals surface area contributed by atoms with Gasteiger partial charge in [0.15, 0.2) is 0 Å². The minimum absolute atomic E-state index is 0.173. The molecule has 21 heavy (non-hydrogen) atoms. The summed E-state index contributed by atoms with van der Waals surface area (Å²) in [6, 6.07) is 10.4. The van der Waals surface area contributed by atoms with Gasteiger partial charge in [-0.15, -0.1) is 0 Å². The summed E-state index contributed by atoms with van der Waals surface area (Å²) in [6.45, 7) is 1.87. The van der Waals surface area contributed by atoms with Crippen molar-refractivity contribution in [3.8, 4) is 0 Å². The molecule has 0 bridgehead atoms. The van der Waals surface area contributed by atoms with Gasteiger partial charge in [0, 0.05) is 19.0 Å². The van der Waals surface area contributed by atoms with Crippen LogP contribution in [0.15, 0.2) is 45.3 Å². The first-order chi connectivity index (χ1) is 9.88. The molecule has 0 aliphatic carbocycles. The Morgan fingerprint density at radius 3 is 2.48 bits per heavy atom. The van der Waals surface area contributed by atoms with Gasteiger partial charge in [-0.05, 0) is 58.7 Å². The number of nitrogens with one attached hydrogen (secondary N) is 1. The Bertz CT molecular complexity index is 691. The molecule has 0 heterocycles. The van der Waals surface area contributed by atoms with Crippen LogP contribution in [0.2, 0.25) is 10.0 Å². The lowest BCUT2D eigenvalue weighted by atomic mass is 10.1. The summed E-state index contributed by atoms with van der Waals surface area (Å²) >= 11 is 18.8. The Hall–Kier alpha value is -0.550. The number of hydrogen-bond acceptors (Lipinski definition) is 1. The van der Waals surface area contributed by atoms with E-state index in [1.54, 1.807) is 18.2 Å². The van der Waals surface area contributed by atoms with Crippen molar-refractivity contribution in [1.82, 2.24) is 5.32 Å². The molecule has 1 N–H and O–H groups in total. The summed E-state index contributed by atoms with van der Waals surface area (Å²) in [5.41, 5.74) is 1.39. The van der Waals surface area contributed by atoms with Crippen molar-refractivity contribution in [1.29, 1.82) is 0 Å². The number of hydrogen-bond donors (Lipinski definition) is 1. The van der Waals surface area contributed by atoms with Gasteiger partial charge in [-0.2, -0.15) is 0 Å². The largest absolute Gasteiger partial charge is 0.345 e. The fraction of sp³-hybridized carbons (Fsp3) is 0.133. The molecule has 1 atom stereocenters. The van der Waals surface area contributed by atoms with Crippen LogP contribution in [0, 0.1) is 0 Å². The van der Waals surface area contributed by atoms with Crippen molar-refractivity contribution in [2.45, 2.75) is 13.0 Å². The monoisotopic (exact) mass is 449 g/mol. The highest BCUT2D eigenvalue weighted by atomic mass is 79.9. The average molecular weight is 452 g/mol. The van der Waals surface area contributed by atoms with Gasteiger partial charge in [0.1, 0.15) is 0 Å². The Balaban J connectivity index is 2.18. The first-order valence-electron chi connectivity index (χ1n) is 6.09. The summed E-state index contributed by atoms with van der Waals surface area (Å²) in [4.78, 5) is 12.3. The van der Waals surface area contributed by atoms with Gasteiger partial charge in [0.2, 0.25) is 0 Å². The lowest BCUT2D eigenvalue weighted by Gasteiger charge is -2.16. The zero-order valence-electron chi connectivity index (χ0n) is 11.0. The second-order valence-corrected chi connectivity index (χ2v) is 7.10. The van der Waals surface area contributed by atoms with Crippen LogP contribution >= 0.6 is 55.1 Å². The van der Waals surface area contributed by atoms with Gasteiger partial charge >= 0.3 is 0 Å². The van der Waals surface area contributed by atoms with E-state index >= 15 is 0 Å². The highest BCUT2D eigenvalue weighted by Crippen LogP contribution is 2.27. The van der Waals surface area contributed by atoms with Gasteiger partial charge in [-0.1, -0.05) is 45.2 Å². The molecule has 0 saturated carbocycles. The number of carbonyl (C=O) groups is 1. The van der Waals surface area contributed by atoms with Crippen LogP contribution in [-0.4, -0.2) is 5.91 Å². The molecular formula is C15H11Br2Cl2NO. The summed E-state index contributed by atoms with van der Waals surface area (Å²) < 4.78 is 1.63. The zero-order valence-corrected chi connectivity index (χ0v) is 15.6. The normalized spacial score (nSPS) is 12.0. The van der Waals surface area contributed by atoms with Crippen molar-refractivity contribution in [2.75, 3.05) is 0 Å². The van der Waals surface area contributed by atoms with Crippen molar-refractivity contribution in [3.05, 3.63) is 66.5 Å². The van der Waals surface area contributed by atoms with Crippen LogP contribution in [0.1, 0.15) is 28.9 Å². The van der Waals surface area contributed by atoms with E-state index in [1.165, 1.54) is 0 Å². The van der Waals surface area contributed by atoms with Crippen LogP contribution in [0.3, 0.4) is 0 Å². The van der Waals surface area contributed by atoms with Crippen LogP contribution in [-0.2, 0) is 0 Å². The smallest absolute Gasteiger partial charge is 0.252 e. The topological polar surface area (TPSA) is 29.1 Å². The van der Waals surface area contributed by atoms with E-state index in [-0.39, 0.29) is 11.9 Å². The summed E-state index contributed by atoms with van der Waals surface area (Å²) in [5.74, 6) is -0.173. The maximum absolute atomic E-state index is 12.3. The van der Waals surface area contributed by atoms with Gasteiger partial charge in [0.05, 0.1) is 11.6 Å². The molecule has 0 radical (unpaired) electrons. The van der Waals surface area contributed by atoms with Crippen LogP contribution in [0.25, 0.3) is 0 Å². The molecule has 1 amide bonds. The fourth-order valence-electron chi connectivity index (χ4n) is 1.88. The Kier molecular flexibility index (Phi) is 5.72. The number of halogens is 4. The number of rotatable bonds is 3. The maximum Gasteiger partial charge on any atom is 0.252 e. The second kappa shape index (κ2) is 7.14. The maximum atomic E-state index is 12.3. The van der Waals surface area contributed by atoms with E-state index in [0.717, 1.165) is 14.5 Å². The third kappa shape index (κ3) is 4.22. The first-order valence-corrected chi connectivity index (χ1v) is 8.43. The molecule has 0 aliphatic rings. The fourth-order valence-corrected chi connectivity index (χ4v) is 3.68. The SMILES string of the molecule is CC(NC(=O)c1ccc(Br)cc1Br)c1ccc(Cl)cc1Cl. The molecule has 2 rings (SSSR count). The minimum Gasteiger partial charge on any atom is -0.345 e.